The highest BCUT2D eigenvalue weighted by atomic mass is 19.1. The van der Waals surface area contributed by atoms with E-state index in [4.69, 9.17) is 5.73 Å². The summed E-state index contributed by atoms with van der Waals surface area (Å²) in [5.41, 5.74) is 6.63. The fourth-order valence-corrected chi connectivity index (χ4v) is 2.80. The third-order valence-corrected chi connectivity index (χ3v) is 4.20. The molecule has 0 bridgehead atoms. The van der Waals surface area contributed by atoms with Gasteiger partial charge < -0.3 is 10.6 Å². The lowest BCUT2D eigenvalue weighted by Crippen LogP contribution is -2.53. The largest absolute Gasteiger partial charge is 0.340 e. The molecule has 1 unspecified atom stereocenters. The standard InChI is InChI=1S/C16H24FN3O/c1-2-15(12-18)19-7-9-20(10-8-19)16(21)11-13-3-5-14(17)6-4-13/h3-6,15H,2,7-12,18H2,1H3. The van der Waals surface area contributed by atoms with Gasteiger partial charge in [0.1, 0.15) is 5.82 Å². The van der Waals surface area contributed by atoms with Crippen LogP contribution in [-0.2, 0) is 11.2 Å². The predicted octanol–water partition coefficient (Wildman–Crippen LogP) is 1.25. The third kappa shape index (κ3) is 4.25. The predicted molar refractivity (Wildman–Crippen MR) is 81.4 cm³/mol. The number of hydrogen-bond donors (Lipinski definition) is 1. The van der Waals surface area contributed by atoms with Gasteiger partial charge in [-0.2, -0.15) is 0 Å². The summed E-state index contributed by atoms with van der Waals surface area (Å²) in [5, 5.41) is 0. The van der Waals surface area contributed by atoms with Gasteiger partial charge in [-0.25, -0.2) is 4.39 Å². The number of carbonyl (C=O) groups is 1. The highest BCUT2D eigenvalue weighted by Crippen LogP contribution is 2.11. The average Bonchev–Trinajstić information content (AvgIpc) is 2.51. The van der Waals surface area contributed by atoms with E-state index in [-0.39, 0.29) is 11.7 Å². The van der Waals surface area contributed by atoms with Crippen LogP contribution in [0.2, 0.25) is 0 Å². The van der Waals surface area contributed by atoms with Crippen molar-refractivity contribution in [1.29, 1.82) is 0 Å². The molecule has 5 heteroatoms. The maximum atomic E-state index is 12.9. The second-order valence-corrected chi connectivity index (χ2v) is 5.52. The zero-order valence-corrected chi connectivity index (χ0v) is 12.6. The number of benzene rings is 1. The second-order valence-electron chi connectivity index (χ2n) is 5.52. The molecule has 1 aromatic rings. The topological polar surface area (TPSA) is 49.6 Å². The Labute approximate surface area is 125 Å². The van der Waals surface area contributed by atoms with Gasteiger partial charge >= 0.3 is 0 Å². The van der Waals surface area contributed by atoms with Crippen molar-refractivity contribution in [3.05, 3.63) is 35.6 Å². The van der Waals surface area contributed by atoms with E-state index in [1.165, 1.54) is 12.1 Å². The summed E-state index contributed by atoms with van der Waals surface area (Å²) in [6.07, 6.45) is 1.38. The van der Waals surface area contributed by atoms with Crippen LogP contribution in [0.1, 0.15) is 18.9 Å². The van der Waals surface area contributed by atoms with E-state index in [0.29, 0.717) is 19.0 Å². The Morgan fingerprint density at radius 1 is 1.24 bits per heavy atom. The van der Waals surface area contributed by atoms with Gasteiger partial charge in [0, 0.05) is 38.8 Å². The molecule has 0 spiro atoms. The van der Waals surface area contributed by atoms with Gasteiger partial charge in [-0.15, -0.1) is 0 Å². The Morgan fingerprint density at radius 3 is 2.38 bits per heavy atom. The van der Waals surface area contributed by atoms with Crippen molar-refractivity contribution in [2.45, 2.75) is 25.8 Å². The first-order chi connectivity index (χ1) is 10.1. The van der Waals surface area contributed by atoms with E-state index in [9.17, 15) is 9.18 Å². The molecule has 0 saturated carbocycles. The number of amides is 1. The Bertz CT molecular complexity index is 451. The van der Waals surface area contributed by atoms with Crippen molar-refractivity contribution >= 4 is 5.91 Å². The Balaban J connectivity index is 1.84. The monoisotopic (exact) mass is 293 g/mol. The van der Waals surface area contributed by atoms with E-state index in [2.05, 4.69) is 11.8 Å². The fraction of sp³-hybridized carbons (Fsp3) is 0.562. The van der Waals surface area contributed by atoms with Gasteiger partial charge in [-0.1, -0.05) is 19.1 Å². The highest BCUT2D eigenvalue weighted by molar-refractivity contribution is 5.78. The van der Waals surface area contributed by atoms with Crippen LogP contribution in [0, 0.1) is 5.82 Å². The van der Waals surface area contributed by atoms with E-state index in [1.807, 2.05) is 4.90 Å². The number of rotatable bonds is 5. The lowest BCUT2D eigenvalue weighted by Gasteiger charge is -2.38. The highest BCUT2D eigenvalue weighted by Gasteiger charge is 2.24. The zero-order chi connectivity index (χ0) is 15.2. The first-order valence-electron chi connectivity index (χ1n) is 7.60. The molecule has 4 nitrogen and oxygen atoms in total. The van der Waals surface area contributed by atoms with Crippen molar-refractivity contribution in [2.75, 3.05) is 32.7 Å². The summed E-state index contributed by atoms with van der Waals surface area (Å²) in [5.74, 6) is -0.158. The fourth-order valence-electron chi connectivity index (χ4n) is 2.80. The van der Waals surface area contributed by atoms with Crippen molar-refractivity contribution in [1.82, 2.24) is 9.80 Å². The van der Waals surface area contributed by atoms with E-state index in [1.54, 1.807) is 12.1 Å². The minimum Gasteiger partial charge on any atom is -0.340 e. The summed E-state index contributed by atoms with van der Waals surface area (Å²) in [4.78, 5) is 16.5. The maximum absolute atomic E-state index is 12.9. The summed E-state index contributed by atoms with van der Waals surface area (Å²) >= 11 is 0. The molecule has 0 aliphatic carbocycles. The number of carbonyl (C=O) groups excluding carboxylic acids is 1. The average molecular weight is 293 g/mol. The number of halogens is 1. The maximum Gasteiger partial charge on any atom is 0.227 e. The van der Waals surface area contributed by atoms with Gasteiger partial charge in [0.2, 0.25) is 5.91 Å². The molecule has 2 N–H and O–H groups in total. The lowest BCUT2D eigenvalue weighted by molar-refractivity contribution is -0.132. The second kappa shape index (κ2) is 7.52. The molecule has 1 aliphatic rings. The van der Waals surface area contributed by atoms with E-state index >= 15 is 0 Å². The molecule has 116 valence electrons. The van der Waals surface area contributed by atoms with Gasteiger partial charge in [0.25, 0.3) is 0 Å². The SMILES string of the molecule is CCC(CN)N1CCN(C(=O)Cc2ccc(F)cc2)CC1. The first kappa shape index (κ1) is 15.9. The molecule has 2 rings (SSSR count). The van der Waals surface area contributed by atoms with Crippen LogP contribution in [0.25, 0.3) is 0 Å². The molecule has 21 heavy (non-hydrogen) atoms. The lowest BCUT2D eigenvalue weighted by atomic mass is 10.1. The molecule has 1 saturated heterocycles. The molecule has 1 heterocycles. The molecule has 1 fully saturated rings. The summed E-state index contributed by atoms with van der Waals surface area (Å²) in [7, 11) is 0. The van der Waals surface area contributed by atoms with Gasteiger partial charge in [-0.3, -0.25) is 9.69 Å². The minimum atomic E-state index is -0.271. The molecular formula is C16H24FN3O. The van der Waals surface area contributed by atoms with Crippen molar-refractivity contribution < 1.29 is 9.18 Å². The van der Waals surface area contributed by atoms with Crippen LogP contribution in [-0.4, -0.2) is 54.5 Å². The number of hydrogen-bond acceptors (Lipinski definition) is 3. The van der Waals surface area contributed by atoms with Crippen molar-refractivity contribution in [3.63, 3.8) is 0 Å². The normalized spacial score (nSPS) is 17.8. The Hall–Kier alpha value is -1.46. The molecule has 0 radical (unpaired) electrons. The molecule has 0 aromatic heterocycles. The molecule has 1 amide bonds. The summed E-state index contributed by atoms with van der Waals surface area (Å²) in [6.45, 7) is 6.06. The number of nitrogens with zero attached hydrogens (tertiary/aromatic N) is 2. The number of piperazine rings is 1. The van der Waals surface area contributed by atoms with E-state index < -0.39 is 0 Å². The minimum absolute atomic E-state index is 0.113. The van der Waals surface area contributed by atoms with Crippen molar-refractivity contribution in [3.8, 4) is 0 Å². The van der Waals surface area contributed by atoms with Crippen LogP contribution in [0.3, 0.4) is 0 Å². The van der Waals surface area contributed by atoms with Gasteiger partial charge in [-0.05, 0) is 24.1 Å². The van der Waals surface area contributed by atoms with Gasteiger partial charge in [0.15, 0.2) is 0 Å². The zero-order valence-electron chi connectivity index (χ0n) is 12.6. The van der Waals surface area contributed by atoms with E-state index in [0.717, 1.165) is 38.2 Å². The first-order valence-corrected chi connectivity index (χ1v) is 7.60. The third-order valence-electron chi connectivity index (χ3n) is 4.20. The quantitative estimate of drug-likeness (QED) is 0.889. The smallest absolute Gasteiger partial charge is 0.227 e. The molecule has 1 atom stereocenters. The van der Waals surface area contributed by atoms with Crippen LogP contribution >= 0.6 is 0 Å². The molecule has 1 aliphatic heterocycles. The van der Waals surface area contributed by atoms with Crippen LogP contribution in [0.5, 0.6) is 0 Å². The van der Waals surface area contributed by atoms with Gasteiger partial charge in [0.05, 0.1) is 6.42 Å². The molecule has 1 aromatic carbocycles. The Morgan fingerprint density at radius 2 is 1.86 bits per heavy atom. The summed E-state index contributed by atoms with van der Waals surface area (Å²) in [6, 6.07) is 6.55. The summed E-state index contributed by atoms with van der Waals surface area (Å²) < 4.78 is 12.9. The van der Waals surface area contributed by atoms with Crippen molar-refractivity contribution in [2.24, 2.45) is 5.73 Å². The Kier molecular flexibility index (Phi) is 5.70. The van der Waals surface area contributed by atoms with Crippen LogP contribution in [0.15, 0.2) is 24.3 Å². The molecular weight excluding hydrogens is 269 g/mol. The number of nitrogens with two attached hydrogens (primary N) is 1. The van der Waals surface area contributed by atoms with Crippen LogP contribution in [0.4, 0.5) is 4.39 Å². The van der Waals surface area contributed by atoms with Crippen LogP contribution < -0.4 is 5.73 Å².